The van der Waals surface area contributed by atoms with E-state index < -0.39 is 5.97 Å². The first-order valence-corrected chi connectivity index (χ1v) is 10.9. The molecule has 0 saturated carbocycles. The number of hydrogen-bond donors (Lipinski definition) is 1. The number of carboxylic acids is 1. The van der Waals surface area contributed by atoms with E-state index in [-0.39, 0.29) is 0 Å². The van der Waals surface area contributed by atoms with Gasteiger partial charge in [0.15, 0.2) is 0 Å². The molecule has 0 aromatic heterocycles. The lowest BCUT2D eigenvalue weighted by atomic mass is 10.0. The van der Waals surface area contributed by atoms with Crippen molar-refractivity contribution in [1.82, 2.24) is 0 Å². The first-order valence-electron chi connectivity index (χ1n) is 9.06. The molecule has 0 aromatic carbocycles. The molecule has 2 atom stereocenters. The third-order valence-corrected chi connectivity index (χ3v) is 5.70. The normalized spacial score (nSPS) is 14.0. The molecular formula is C18H34Br2O2. The minimum Gasteiger partial charge on any atom is -0.481 e. The van der Waals surface area contributed by atoms with E-state index in [0.717, 1.165) is 19.3 Å². The van der Waals surface area contributed by atoms with Crippen molar-refractivity contribution in [3.05, 3.63) is 0 Å². The molecule has 22 heavy (non-hydrogen) atoms. The van der Waals surface area contributed by atoms with Gasteiger partial charge in [-0.05, 0) is 25.7 Å². The fourth-order valence-electron chi connectivity index (χ4n) is 2.65. The first kappa shape index (κ1) is 22.4. The first-order chi connectivity index (χ1) is 10.6. The summed E-state index contributed by atoms with van der Waals surface area (Å²) < 4.78 is 0. The van der Waals surface area contributed by atoms with Gasteiger partial charge in [-0.2, -0.15) is 0 Å². The number of hydrogen-bond acceptors (Lipinski definition) is 1. The van der Waals surface area contributed by atoms with E-state index >= 15 is 0 Å². The van der Waals surface area contributed by atoms with Crippen molar-refractivity contribution < 1.29 is 9.90 Å². The average molecular weight is 442 g/mol. The number of rotatable bonds is 16. The van der Waals surface area contributed by atoms with Gasteiger partial charge in [0.25, 0.3) is 0 Å². The maximum absolute atomic E-state index is 10.4. The minimum absolute atomic E-state index is 0.319. The summed E-state index contributed by atoms with van der Waals surface area (Å²) >= 11 is 7.61. The van der Waals surface area contributed by atoms with E-state index in [9.17, 15) is 4.79 Å². The lowest BCUT2D eigenvalue weighted by Gasteiger charge is -2.14. The highest BCUT2D eigenvalue weighted by atomic mass is 79.9. The summed E-state index contributed by atoms with van der Waals surface area (Å²) in [5.74, 6) is -0.671. The summed E-state index contributed by atoms with van der Waals surface area (Å²) in [5, 5.41) is 8.58. The van der Waals surface area contributed by atoms with Crippen molar-refractivity contribution in [2.24, 2.45) is 0 Å². The van der Waals surface area contributed by atoms with Crippen molar-refractivity contribution in [1.29, 1.82) is 0 Å². The Kier molecular flexibility index (Phi) is 16.6. The molecule has 0 aliphatic rings. The molecule has 2 nitrogen and oxygen atoms in total. The van der Waals surface area contributed by atoms with Gasteiger partial charge in [0.2, 0.25) is 0 Å². The SMILES string of the molecule is CCCCCCCCC(Br)CC(Br)CCCCCCC(=O)O. The molecule has 0 bridgehead atoms. The van der Waals surface area contributed by atoms with Crippen molar-refractivity contribution in [2.75, 3.05) is 0 Å². The van der Waals surface area contributed by atoms with Crippen LogP contribution in [0.2, 0.25) is 0 Å². The smallest absolute Gasteiger partial charge is 0.303 e. The Bertz CT molecular complexity index is 259. The Morgan fingerprint density at radius 1 is 0.818 bits per heavy atom. The quantitative estimate of drug-likeness (QED) is 0.205. The maximum atomic E-state index is 10.4. The highest BCUT2D eigenvalue weighted by Crippen LogP contribution is 2.24. The van der Waals surface area contributed by atoms with Crippen LogP contribution in [-0.2, 0) is 4.79 Å². The van der Waals surface area contributed by atoms with Crippen LogP contribution in [0, 0.1) is 0 Å². The average Bonchev–Trinajstić information content (AvgIpc) is 2.46. The van der Waals surface area contributed by atoms with Gasteiger partial charge >= 0.3 is 5.97 Å². The summed E-state index contributed by atoms with van der Waals surface area (Å²) in [6, 6.07) is 0. The van der Waals surface area contributed by atoms with E-state index in [1.54, 1.807) is 0 Å². The fraction of sp³-hybridized carbons (Fsp3) is 0.944. The van der Waals surface area contributed by atoms with E-state index in [1.165, 1.54) is 64.2 Å². The van der Waals surface area contributed by atoms with Gasteiger partial charge in [-0.15, -0.1) is 0 Å². The van der Waals surface area contributed by atoms with Crippen LogP contribution >= 0.6 is 31.9 Å². The lowest BCUT2D eigenvalue weighted by molar-refractivity contribution is -0.137. The van der Waals surface area contributed by atoms with Crippen LogP contribution in [0.3, 0.4) is 0 Å². The van der Waals surface area contributed by atoms with E-state index in [2.05, 4.69) is 38.8 Å². The molecule has 0 aliphatic carbocycles. The van der Waals surface area contributed by atoms with Gasteiger partial charge in [-0.1, -0.05) is 96.6 Å². The van der Waals surface area contributed by atoms with Crippen LogP contribution in [0.4, 0.5) is 0 Å². The highest BCUT2D eigenvalue weighted by Gasteiger charge is 2.11. The van der Waals surface area contributed by atoms with Crippen molar-refractivity contribution >= 4 is 37.8 Å². The molecule has 0 radical (unpaired) electrons. The van der Waals surface area contributed by atoms with E-state index in [1.807, 2.05) is 0 Å². The molecule has 0 amide bonds. The third kappa shape index (κ3) is 16.8. The lowest BCUT2D eigenvalue weighted by Crippen LogP contribution is -2.08. The van der Waals surface area contributed by atoms with Crippen LogP contribution in [0.1, 0.15) is 96.8 Å². The largest absolute Gasteiger partial charge is 0.481 e. The Labute approximate surface area is 154 Å². The zero-order valence-electron chi connectivity index (χ0n) is 14.2. The number of carbonyl (C=O) groups is 1. The predicted octanol–water partition coefficient (Wildman–Crippen LogP) is 7.08. The fourth-order valence-corrected chi connectivity index (χ4v) is 4.71. The van der Waals surface area contributed by atoms with Crippen molar-refractivity contribution in [3.63, 3.8) is 0 Å². The summed E-state index contributed by atoms with van der Waals surface area (Å²) in [6.07, 6.45) is 16.4. The Hall–Kier alpha value is 0.430. The second-order valence-electron chi connectivity index (χ2n) is 6.33. The number of halogens is 2. The van der Waals surface area contributed by atoms with Gasteiger partial charge in [0, 0.05) is 16.1 Å². The van der Waals surface area contributed by atoms with Gasteiger partial charge in [0.05, 0.1) is 0 Å². The molecule has 0 saturated heterocycles. The molecule has 0 heterocycles. The molecule has 0 fully saturated rings. The van der Waals surface area contributed by atoms with Crippen LogP contribution in [0.5, 0.6) is 0 Å². The van der Waals surface area contributed by atoms with Crippen molar-refractivity contribution in [2.45, 2.75) is 106 Å². The Morgan fingerprint density at radius 3 is 1.77 bits per heavy atom. The standard InChI is InChI=1S/C18H34Br2O2/c1-2-3-4-5-6-9-12-16(19)15-17(20)13-10-7-8-11-14-18(21)22/h16-17H,2-15H2,1H3,(H,21,22). The van der Waals surface area contributed by atoms with Crippen LogP contribution in [0.25, 0.3) is 0 Å². The third-order valence-electron chi connectivity index (χ3n) is 4.04. The van der Waals surface area contributed by atoms with Gasteiger partial charge < -0.3 is 5.11 Å². The molecule has 0 aromatic rings. The topological polar surface area (TPSA) is 37.3 Å². The van der Waals surface area contributed by atoms with E-state index in [4.69, 9.17) is 5.11 Å². The molecule has 132 valence electrons. The highest BCUT2D eigenvalue weighted by molar-refractivity contribution is 9.10. The number of aliphatic carboxylic acids is 1. The number of alkyl halides is 2. The van der Waals surface area contributed by atoms with Gasteiger partial charge in [-0.3, -0.25) is 4.79 Å². The molecule has 0 rings (SSSR count). The summed E-state index contributed by atoms with van der Waals surface area (Å²) in [7, 11) is 0. The molecule has 0 aliphatic heterocycles. The van der Waals surface area contributed by atoms with Gasteiger partial charge in [-0.25, -0.2) is 0 Å². The number of carboxylic acid groups (broad SMARTS) is 1. The van der Waals surface area contributed by atoms with E-state index in [0.29, 0.717) is 16.1 Å². The predicted molar refractivity (Wildman–Crippen MR) is 103 cm³/mol. The minimum atomic E-state index is -0.671. The van der Waals surface area contributed by atoms with Gasteiger partial charge in [0.1, 0.15) is 0 Å². The summed E-state index contributed by atoms with van der Waals surface area (Å²) in [6.45, 7) is 2.26. The summed E-state index contributed by atoms with van der Waals surface area (Å²) in [4.78, 5) is 11.6. The zero-order valence-corrected chi connectivity index (χ0v) is 17.3. The molecule has 0 spiro atoms. The Morgan fingerprint density at radius 2 is 1.27 bits per heavy atom. The van der Waals surface area contributed by atoms with Crippen LogP contribution in [-0.4, -0.2) is 20.7 Å². The monoisotopic (exact) mass is 440 g/mol. The maximum Gasteiger partial charge on any atom is 0.303 e. The zero-order chi connectivity index (χ0) is 16.6. The van der Waals surface area contributed by atoms with Crippen LogP contribution < -0.4 is 0 Å². The molecule has 4 heteroatoms. The second-order valence-corrected chi connectivity index (χ2v) is 8.92. The number of unbranched alkanes of at least 4 members (excludes halogenated alkanes) is 8. The second kappa shape index (κ2) is 16.3. The van der Waals surface area contributed by atoms with Crippen molar-refractivity contribution in [3.8, 4) is 0 Å². The molecule has 1 N–H and O–H groups in total. The Balaban J connectivity index is 3.38. The van der Waals surface area contributed by atoms with Crippen LogP contribution in [0.15, 0.2) is 0 Å². The molecular weight excluding hydrogens is 408 g/mol. The summed E-state index contributed by atoms with van der Waals surface area (Å²) in [5.41, 5.74) is 0. The molecule has 2 unspecified atom stereocenters.